The molecule has 3 amide bonds. The van der Waals surface area contributed by atoms with Crippen LogP contribution in [0, 0.1) is 11.8 Å². The van der Waals surface area contributed by atoms with Crippen LogP contribution >= 0.6 is 34.0 Å². The Hall–Kier alpha value is -8.02. The van der Waals surface area contributed by atoms with Crippen molar-refractivity contribution in [3.63, 3.8) is 0 Å². The van der Waals surface area contributed by atoms with Crippen LogP contribution in [0.4, 0.5) is 23.1 Å². The second-order valence-electron chi connectivity index (χ2n) is 20.5. The molecule has 0 aromatic carbocycles. The van der Waals surface area contributed by atoms with Crippen LogP contribution in [0.1, 0.15) is 115 Å². The van der Waals surface area contributed by atoms with E-state index in [9.17, 15) is 14.4 Å². The number of hydrogen-bond donors (Lipinski definition) is 1. The van der Waals surface area contributed by atoms with Crippen molar-refractivity contribution in [2.45, 2.75) is 84.2 Å². The molecule has 76 heavy (non-hydrogen) atoms. The highest BCUT2D eigenvalue weighted by atomic mass is 32.1. The molecule has 382 valence electrons. The highest BCUT2D eigenvalue weighted by Crippen LogP contribution is 2.55. The molecular formula is C53H48N16O4S3. The SMILES string of the molecule is CC(C)CNc1csc2c1CN(c1cccc(-c3nncn3C3CC3COc3cc4c(s3)C(=O)N(c3cccc(-c5nncn5C5CC5c5cc6c(s5)C(=O)N(c5cccc(-c7nncn7C(C)C)n5)C6)n3)C4)n1)C2=O. The number of rotatable bonds is 16. The average Bonchev–Trinajstić information content (AvgIpc) is 4.14. The first-order valence-corrected chi connectivity index (χ1v) is 27.8. The van der Waals surface area contributed by atoms with Crippen LogP contribution in [0.25, 0.3) is 34.6 Å². The van der Waals surface area contributed by atoms with Crippen molar-refractivity contribution in [2.75, 3.05) is 33.2 Å². The number of carbonyl (C=O) groups is 3. The van der Waals surface area contributed by atoms with Gasteiger partial charge in [0.1, 0.15) is 58.4 Å². The van der Waals surface area contributed by atoms with Crippen molar-refractivity contribution < 1.29 is 19.1 Å². The molecule has 12 heterocycles. The van der Waals surface area contributed by atoms with Crippen LogP contribution in [-0.4, -0.2) is 90.1 Å². The van der Waals surface area contributed by atoms with Gasteiger partial charge < -0.3 is 23.8 Å². The molecule has 9 aromatic heterocycles. The van der Waals surface area contributed by atoms with E-state index in [1.807, 2.05) is 75.2 Å². The van der Waals surface area contributed by atoms with Gasteiger partial charge in [0.15, 0.2) is 22.5 Å². The van der Waals surface area contributed by atoms with Crippen LogP contribution in [0.2, 0.25) is 0 Å². The summed E-state index contributed by atoms with van der Waals surface area (Å²) in [5, 5.41) is 32.1. The van der Waals surface area contributed by atoms with E-state index >= 15 is 0 Å². The Bertz CT molecular complexity index is 3790. The van der Waals surface area contributed by atoms with Gasteiger partial charge in [-0.25, -0.2) is 15.0 Å². The van der Waals surface area contributed by atoms with Gasteiger partial charge in [0, 0.05) is 52.3 Å². The topological polar surface area (TPSA) is 213 Å². The third kappa shape index (κ3) is 7.97. The summed E-state index contributed by atoms with van der Waals surface area (Å²) in [4.78, 5) is 64.4. The molecule has 0 bridgehead atoms. The van der Waals surface area contributed by atoms with Crippen molar-refractivity contribution >= 4 is 74.9 Å². The second-order valence-corrected chi connectivity index (χ2v) is 23.5. The molecule has 2 saturated carbocycles. The zero-order valence-corrected chi connectivity index (χ0v) is 44.1. The van der Waals surface area contributed by atoms with Crippen molar-refractivity contribution in [1.29, 1.82) is 0 Å². The van der Waals surface area contributed by atoms with E-state index in [1.165, 1.54) is 22.7 Å². The van der Waals surface area contributed by atoms with Gasteiger partial charge in [0.05, 0.1) is 41.7 Å². The first-order valence-electron chi connectivity index (χ1n) is 25.3. The summed E-state index contributed by atoms with van der Waals surface area (Å²) in [5.41, 5.74) is 5.86. The predicted octanol–water partition coefficient (Wildman–Crippen LogP) is 9.33. The Morgan fingerprint density at radius 1 is 0.645 bits per heavy atom. The molecule has 9 aromatic rings. The molecule has 23 heteroatoms. The fourth-order valence-corrected chi connectivity index (χ4v) is 13.8. The number of amides is 3. The van der Waals surface area contributed by atoms with Crippen molar-refractivity contribution in [2.24, 2.45) is 11.8 Å². The first kappa shape index (κ1) is 46.5. The number of nitrogens with one attached hydrogen (secondary N) is 1. The molecule has 14 rings (SSSR count). The maximum Gasteiger partial charge on any atom is 0.270 e. The third-order valence-corrected chi connectivity index (χ3v) is 18.0. The maximum atomic E-state index is 14.0. The summed E-state index contributed by atoms with van der Waals surface area (Å²) in [7, 11) is 0. The van der Waals surface area contributed by atoms with E-state index in [-0.39, 0.29) is 47.7 Å². The lowest BCUT2D eigenvalue weighted by Crippen LogP contribution is -2.24. The minimum Gasteiger partial charge on any atom is -0.484 e. The first-order chi connectivity index (χ1) is 37.0. The van der Waals surface area contributed by atoms with Gasteiger partial charge in [-0.3, -0.25) is 29.1 Å². The Morgan fingerprint density at radius 2 is 1.21 bits per heavy atom. The van der Waals surface area contributed by atoms with E-state index in [0.717, 1.165) is 56.4 Å². The van der Waals surface area contributed by atoms with E-state index in [4.69, 9.17) is 19.7 Å². The Labute approximate surface area is 447 Å². The van der Waals surface area contributed by atoms with Crippen molar-refractivity contribution in [1.82, 2.24) is 59.2 Å². The molecular weight excluding hydrogens is 1020 g/mol. The monoisotopic (exact) mass is 1070 g/mol. The summed E-state index contributed by atoms with van der Waals surface area (Å²) < 4.78 is 12.4. The molecule has 1 N–H and O–H groups in total. The van der Waals surface area contributed by atoms with Crippen LogP contribution in [0.3, 0.4) is 0 Å². The van der Waals surface area contributed by atoms with Crippen molar-refractivity contribution in [3.8, 4) is 39.6 Å². The number of ether oxygens (including phenoxy) is 1. The van der Waals surface area contributed by atoms with E-state index in [0.29, 0.717) is 94.1 Å². The van der Waals surface area contributed by atoms with E-state index in [1.54, 1.807) is 45.0 Å². The van der Waals surface area contributed by atoms with Crippen molar-refractivity contribution in [3.05, 3.63) is 127 Å². The minimum absolute atomic E-state index is 0.0425. The van der Waals surface area contributed by atoms with Gasteiger partial charge >= 0.3 is 0 Å². The van der Waals surface area contributed by atoms with E-state index in [2.05, 4.69) is 74.2 Å². The van der Waals surface area contributed by atoms with Gasteiger partial charge in [-0.2, -0.15) is 0 Å². The standard InChI is InChI=1S/C53H48N16O4S3/c1-27(2)18-54-37-23-74-47-33(37)21-66(53(47)72)43-13-7-9-35(60-43)49-62-56-25-68(49)38-14-31(38)22-73-44-16-30-20-65(52(71)46(30)76-44)42-12-6-10-36(59-42)50-63-57-26-69(50)39-17-32(39)40-15-29-19-64(51(70)45(29)75-40)41-11-5-8-34(58-41)48-61-55-24-67(48)28(3)4/h5-13,15-16,23-28,31-32,38-39,54H,14,17-22H2,1-4H3. The molecule has 0 radical (unpaired) electrons. The predicted molar refractivity (Wildman–Crippen MR) is 287 cm³/mol. The molecule has 2 aliphatic carbocycles. The molecule has 2 fully saturated rings. The number of fused-ring (bicyclic) bond motifs is 3. The summed E-state index contributed by atoms with van der Waals surface area (Å²) in [6.45, 7) is 11.0. The third-order valence-electron chi connectivity index (χ3n) is 14.7. The Balaban J connectivity index is 0.596. The van der Waals surface area contributed by atoms with E-state index < -0.39 is 0 Å². The lowest BCUT2D eigenvalue weighted by Gasteiger charge is -2.16. The Kier molecular flexibility index (Phi) is 11.1. The molecule has 4 atom stereocenters. The summed E-state index contributed by atoms with van der Waals surface area (Å²) in [6.07, 6.45) is 6.94. The van der Waals surface area contributed by atoms with Gasteiger partial charge in [-0.1, -0.05) is 43.4 Å². The number of anilines is 4. The number of thiophene rings is 3. The number of nitrogens with zero attached hydrogens (tertiary/aromatic N) is 15. The number of carbonyl (C=O) groups excluding carboxylic acids is 3. The number of hydrogen-bond acceptors (Lipinski definition) is 17. The van der Waals surface area contributed by atoms with Crippen LogP contribution in [0.5, 0.6) is 5.06 Å². The molecule has 0 saturated heterocycles. The summed E-state index contributed by atoms with van der Waals surface area (Å²) in [6, 6.07) is 21.5. The van der Waals surface area contributed by atoms with Gasteiger partial charge in [0.2, 0.25) is 0 Å². The molecule has 20 nitrogen and oxygen atoms in total. The van der Waals surface area contributed by atoms with Gasteiger partial charge in [0.25, 0.3) is 17.7 Å². The highest BCUT2D eigenvalue weighted by Gasteiger charge is 2.45. The normalized spacial score (nSPS) is 19.4. The lowest BCUT2D eigenvalue weighted by molar-refractivity contribution is 0.0991. The summed E-state index contributed by atoms with van der Waals surface area (Å²) in [5.74, 6) is 4.31. The van der Waals surface area contributed by atoms with Crippen LogP contribution < -0.4 is 24.8 Å². The number of pyridine rings is 3. The van der Waals surface area contributed by atoms with Gasteiger partial charge in [-0.05, 0) is 92.3 Å². The Morgan fingerprint density at radius 3 is 1.83 bits per heavy atom. The van der Waals surface area contributed by atoms with Crippen LogP contribution in [0.15, 0.2) is 91.1 Å². The van der Waals surface area contributed by atoms with Crippen LogP contribution in [-0.2, 0) is 19.6 Å². The smallest absolute Gasteiger partial charge is 0.270 e. The second kappa shape index (κ2) is 18.1. The highest BCUT2D eigenvalue weighted by molar-refractivity contribution is 7.16. The zero-order valence-electron chi connectivity index (χ0n) is 41.6. The largest absolute Gasteiger partial charge is 0.484 e. The molecule has 0 spiro atoms. The molecule has 4 unspecified atom stereocenters. The lowest BCUT2D eigenvalue weighted by atomic mass is 10.2. The fourth-order valence-electron chi connectivity index (χ4n) is 10.5. The summed E-state index contributed by atoms with van der Waals surface area (Å²) >= 11 is 4.38. The zero-order chi connectivity index (χ0) is 51.5. The maximum absolute atomic E-state index is 14.0. The quantitative estimate of drug-likeness (QED) is 0.0955. The average molecular weight is 1070 g/mol. The van der Waals surface area contributed by atoms with Gasteiger partial charge in [-0.15, -0.1) is 53.3 Å². The fraction of sp³-hybridized carbons (Fsp3) is 0.321. The minimum atomic E-state index is -0.121. The number of aromatic nitrogens is 12. The molecule has 5 aliphatic rings. The molecule has 3 aliphatic heterocycles.